The molecule has 0 fully saturated rings. The summed E-state index contributed by atoms with van der Waals surface area (Å²) in [5, 5.41) is 2.76. The number of rotatable bonds is 3. The summed E-state index contributed by atoms with van der Waals surface area (Å²) in [6.45, 7) is 5.40. The Morgan fingerprint density at radius 2 is 2.10 bits per heavy atom. The lowest BCUT2D eigenvalue weighted by atomic mass is 10.2. The van der Waals surface area contributed by atoms with Gasteiger partial charge in [-0.25, -0.2) is 9.37 Å². The van der Waals surface area contributed by atoms with Crippen molar-refractivity contribution in [3.63, 3.8) is 0 Å². The lowest BCUT2D eigenvalue weighted by Crippen LogP contribution is -2.36. The Balaban J connectivity index is 2.51. The molecule has 0 saturated heterocycles. The van der Waals surface area contributed by atoms with Crippen molar-refractivity contribution in [1.82, 2.24) is 14.9 Å². The minimum atomic E-state index is -0.594. The second-order valence-electron chi connectivity index (χ2n) is 4.93. The molecule has 1 amide bonds. The molecule has 3 N–H and O–H groups in total. The fourth-order valence-electron chi connectivity index (χ4n) is 2.04. The second kappa shape index (κ2) is 5.28. The van der Waals surface area contributed by atoms with Gasteiger partial charge in [0.05, 0.1) is 16.1 Å². The molecule has 1 atom stereocenters. The van der Waals surface area contributed by atoms with E-state index in [0.29, 0.717) is 11.0 Å². The van der Waals surface area contributed by atoms with E-state index in [1.807, 2.05) is 13.8 Å². The molecule has 1 aromatic carbocycles. The standard InChI is InChI=1S/C13H16ClFN4O/c1-6(2)17-12(20)7(3)19-11-5-9(15)8(14)4-10(11)18-13(19)16/h4-7H,1-3H3,(H2,16,18)(H,17,20). The zero-order chi connectivity index (χ0) is 15.0. The highest BCUT2D eigenvalue weighted by Gasteiger charge is 2.21. The maximum absolute atomic E-state index is 13.6. The fourth-order valence-corrected chi connectivity index (χ4v) is 2.20. The van der Waals surface area contributed by atoms with Crippen LogP contribution in [0.15, 0.2) is 12.1 Å². The second-order valence-corrected chi connectivity index (χ2v) is 5.34. The largest absolute Gasteiger partial charge is 0.369 e. The van der Waals surface area contributed by atoms with E-state index in [-0.39, 0.29) is 22.9 Å². The van der Waals surface area contributed by atoms with Gasteiger partial charge in [-0.1, -0.05) is 11.6 Å². The van der Waals surface area contributed by atoms with Crippen molar-refractivity contribution in [1.29, 1.82) is 0 Å². The summed E-state index contributed by atoms with van der Waals surface area (Å²) in [6.07, 6.45) is 0. The average molecular weight is 299 g/mol. The number of nitrogen functional groups attached to an aromatic ring is 1. The number of halogens is 2. The molecule has 0 aliphatic heterocycles. The minimum absolute atomic E-state index is 0.00661. The van der Waals surface area contributed by atoms with Gasteiger partial charge in [0.2, 0.25) is 11.9 Å². The summed E-state index contributed by atoms with van der Waals surface area (Å²) < 4.78 is 15.1. The predicted octanol–water partition coefficient (Wildman–Crippen LogP) is 2.50. The summed E-state index contributed by atoms with van der Waals surface area (Å²) in [7, 11) is 0. The van der Waals surface area contributed by atoms with Gasteiger partial charge in [0.15, 0.2) is 0 Å². The Hall–Kier alpha value is -1.82. The summed E-state index contributed by atoms with van der Waals surface area (Å²) in [4.78, 5) is 16.2. The Labute approximate surface area is 120 Å². The number of nitrogens with two attached hydrogens (primary N) is 1. The number of carbonyl (C=O) groups excluding carboxylic acids is 1. The molecule has 0 aliphatic rings. The Morgan fingerprint density at radius 3 is 2.70 bits per heavy atom. The maximum atomic E-state index is 13.6. The van der Waals surface area contributed by atoms with Crippen molar-refractivity contribution < 1.29 is 9.18 Å². The molecule has 108 valence electrons. The van der Waals surface area contributed by atoms with Crippen LogP contribution in [0.25, 0.3) is 11.0 Å². The van der Waals surface area contributed by atoms with Crippen LogP contribution in [0.1, 0.15) is 26.8 Å². The molecule has 1 aromatic heterocycles. The maximum Gasteiger partial charge on any atom is 0.243 e. The quantitative estimate of drug-likeness (QED) is 0.914. The summed E-state index contributed by atoms with van der Waals surface area (Å²) >= 11 is 5.72. The first-order valence-corrected chi connectivity index (χ1v) is 6.62. The molecule has 5 nitrogen and oxygen atoms in total. The normalized spacial score (nSPS) is 12.9. The van der Waals surface area contributed by atoms with Crippen LogP contribution in [-0.2, 0) is 4.79 Å². The van der Waals surface area contributed by atoms with Crippen molar-refractivity contribution in [2.75, 3.05) is 5.73 Å². The van der Waals surface area contributed by atoms with E-state index in [2.05, 4.69) is 10.3 Å². The van der Waals surface area contributed by atoms with Crippen LogP contribution >= 0.6 is 11.6 Å². The molecule has 20 heavy (non-hydrogen) atoms. The molecule has 1 unspecified atom stereocenters. The molecule has 7 heteroatoms. The first-order chi connectivity index (χ1) is 9.31. The van der Waals surface area contributed by atoms with Gasteiger partial charge in [0, 0.05) is 12.1 Å². The van der Waals surface area contributed by atoms with E-state index < -0.39 is 11.9 Å². The van der Waals surface area contributed by atoms with Crippen LogP contribution in [0.2, 0.25) is 5.02 Å². The number of nitrogens with one attached hydrogen (secondary N) is 1. The lowest BCUT2D eigenvalue weighted by molar-refractivity contribution is -0.124. The number of hydrogen-bond donors (Lipinski definition) is 2. The van der Waals surface area contributed by atoms with E-state index in [1.54, 1.807) is 6.92 Å². The van der Waals surface area contributed by atoms with E-state index >= 15 is 0 Å². The van der Waals surface area contributed by atoms with Crippen molar-refractivity contribution in [3.05, 3.63) is 23.0 Å². The summed E-state index contributed by atoms with van der Waals surface area (Å²) in [5.41, 5.74) is 6.73. The number of nitrogens with zero attached hydrogens (tertiary/aromatic N) is 2. The molecule has 0 aliphatic carbocycles. The highest BCUT2D eigenvalue weighted by molar-refractivity contribution is 6.31. The fraction of sp³-hybridized carbons (Fsp3) is 0.385. The van der Waals surface area contributed by atoms with Gasteiger partial charge in [-0.3, -0.25) is 9.36 Å². The number of imidazole rings is 1. The first kappa shape index (κ1) is 14.6. The van der Waals surface area contributed by atoms with Crippen molar-refractivity contribution in [2.24, 2.45) is 0 Å². The molecule has 2 aromatic rings. The monoisotopic (exact) mass is 298 g/mol. The zero-order valence-corrected chi connectivity index (χ0v) is 12.2. The van der Waals surface area contributed by atoms with Gasteiger partial charge < -0.3 is 11.1 Å². The van der Waals surface area contributed by atoms with E-state index in [9.17, 15) is 9.18 Å². The number of aromatic nitrogens is 2. The molecular weight excluding hydrogens is 283 g/mol. The van der Waals surface area contributed by atoms with Gasteiger partial charge in [0.25, 0.3) is 0 Å². The smallest absolute Gasteiger partial charge is 0.243 e. The van der Waals surface area contributed by atoms with E-state index in [0.717, 1.165) is 0 Å². The molecule has 2 rings (SSSR count). The topological polar surface area (TPSA) is 72.9 Å². The third kappa shape index (κ3) is 2.56. The third-order valence-corrected chi connectivity index (χ3v) is 3.25. The highest BCUT2D eigenvalue weighted by Crippen LogP contribution is 2.27. The van der Waals surface area contributed by atoms with Crippen molar-refractivity contribution in [3.8, 4) is 0 Å². The van der Waals surface area contributed by atoms with Gasteiger partial charge in [-0.2, -0.15) is 0 Å². The zero-order valence-electron chi connectivity index (χ0n) is 11.4. The van der Waals surface area contributed by atoms with Crippen LogP contribution < -0.4 is 11.1 Å². The summed E-state index contributed by atoms with van der Waals surface area (Å²) in [5.74, 6) is -0.633. The molecule has 1 heterocycles. The van der Waals surface area contributed by atoms with E-state index in [4.69, 9.17) is 17.3 Å². The van der Waals surface area contributed by atoms with Gasteiger partial charge in [-0.15, -0.1) is 0 Å². The van der Waals surface area contributed by atoms with Gasteiger partial charge in [0.1, 0.15) is 11.9 Å². The molecule has 0 radical (unpaired) electrons. The van der Waals surface area contributed by atoms with Gasteiger partial charge >= 0.3 is 0 Å². The Kier molecular flexibility index (Phi) is 3.85. The van der Waals surface area contributed by atoms with Gasteiger partial charge in [-0.05, 0) is 26.8 Å². The van der Waals surface area contributed by atoms with Crippen LogP contribution in [0.4, 0.5) is 10.3 Å². The SMILES string of the molecule is CC(C)NC(=O)C(C)n1c(N)nc2cc(Cl)c(F)cc21. The number of fused-ring (bicyclic) bond motifs is 1. The van der Waals surface area contributed by atoms with Crippen LogP contribution in [-0.4, -0.2) is 21.5 Å². The molecule has 0 spiro atoms. The first-order valence-electron chi connectivity index (χ1n) is 6.24. The molecule has 0 saturated carbocycles. The average Bonchev–Trinajstić information content (AvgIpc) is 2.63. The predicted molar refractivity (Wildman–Crippen MR) is 77.1 cm³/mol. The lowest BCUT2D eigenvalue weighted by Gasteiger charge is -2.17. The summed E-state index contributed by atoms with van der Waals surface area (Å²) in [6, 6.07) is 2.04. The Morgan fingerprint density at radius 1 is 1.45 bits per heavy atom. The highest BCUT2D eigenvalue weighted by atomic mass is 35.5. The van der Waals surface area contributed by atoms with Crippen molar-refractivity contribution in [2.45, 2.75) is 32.9 Å². The molecular formula is C13H16ClFN4O. The Bertz CT molecular complexity index is 668. The van der Waals surface area contributed by atoms with Crippen LogP contribution in [0, 0.1) is 5.82 Å². The number of amides is 1. The third-order valence-electron chi connectivity index (χ3n) is 2.96. The number of carbonyl (C=O) groups is 1. The van der Waals surface area contributed by atoms with Crippen molar-refractivity contribution >= 4 is 34.5 Å². The molecule has 0 bridgehead atoms. The minimum Gasteiger partial charge on any atom is -0.369 e. The van der Waals surface area contributed by atoms with E-state index in [1.165, 1.54) is 16.7 Å². The number of hydrogen-bond acceptors (Lipinski definition) is 3. The van der Waals surface area contributed by atoms with Crippen LogP contribution in [0.3, 0.4) is 0 Å². The number of benzene rings is 1. The number of anilines is 1. The van der Waals surface area contributed by atoms with Crippen LogP contribution in [0.5, 0.6) is 0 Å².